The number of nitrogens with two attached hydrogens (primary N) is 1. The number of amides is 3. The van der Waals surface area contributed by atoms with Crippen LogP contribution in [-0.2, 0) is 20.8 Å². The minimum Gasteiger partial charge on any atom is -0.481 e. The largest absolute Gasteiger partial charge is 0.481 e. The maximum absolute atomic E-state index is 13.6. The summed E-state index contributed by atoms with van der Waals surface area (Å²) in [5.41, 5.74) is 8.16. The summed E-state index contributed by atoms with van der Waals surface area (Å²) in [6.45, 7) is -0.444. The lowest BCUT2D eigenvalue weighted by Crippen LogP contribution is -2.51. The van der Waals surface area contributed by atoms with E-state index in [0.29, 0.717) is 16.9 Å². The van der Waals surface area contributed by atoms with Crippen molar-refractivity contribution in [3.63, 3.8) is 0 Å². The zero-order valence-electron chi connectivity index (χ0n) is 19.4. The number of aliphatic carboxylic acids is 1. The van der Waals surface area contributed by atoms with Crippen molar-refractivity contribution in [1.29, 1.82) is 0 Å². The Bertz CT molecular complexity index is 1280. The van der Waals surface area contributed by atoms with E-state index < -0.39 is 42.3 Å². The van der Waals surface area contributed by atoms with Crippen LogP contribution < -0.4 is 16.4 Å². The van der Waals surface area contributed by atoms with E-state index in [-0.39, 0.29) is 18.4 Å². The summed E-state index contributed by atoms with van der Waals surface area (Å²) in [5.74, 6) is -2.63. The molecule has 0 saturated carbocycles. The lowest BCUT2D eigenvalue weighted by atomic mass is 10.0. The number of benzene rings is 3. The molecule has 184 valence electrons. The quantitative estimate of drug-likeness (QED) is 0.361. The predicted octanol–water partition coefficient (Wildman–Crippen LogP) is 2.61. The van der Waals surface area contributed by atoms with Crippen molar-refractivity contribution in [2.75, 3.05) is 17.6 Å². The molecule has 3 aromatic carbocycles. The molecule has 0 saturated heterocycles. The highest BCUT2D eigenvalue weighted by atomic mass is 16.4. The molecule has 3 aromatic rings. The first-order valence-electron chi connectivity index (χ1n) is 11.4. The van der Waals surface area contributed by atoms with Crippen LogP contribution in [0.1, 0.15) is 33.9 Å². The van der Waals surface area contributed by atoms with E-state index in [9.17, 15) is 24.3 Å². The van der Waals surface area contributed by atoms with Crippen molar-refractivity contribution in [1.82, 2.24) is 10.2 Å². The minimum absolute atomic E-state index is 0.178. The molecule has 4 rings (SSSR count). The number of nitrogen functional groups attached to an aromatic ring is 1. The highest BCUT2D eigenvalue weighted by Crippen LogP contribution is 2.27. The number of anilines is 2. The maximum Gasteiger partial charge on any atom is 0.305 e. The minimum atomic E-state index is -1.08. The van der Waals surface area contributed by atoms with Crippen LogP contribution in [0.25, 0.3) is 0 Å². The van der Waals surface area contributed by atoms with E-state index in [1.165, 1.54) is 11.0 Å². The van der Waals surface area contributed by atoms with Gasteiger partial charge in [0.15, 0.2) is 0 Å². The molecular weight excluding hydrogens is 460 g/mol. The Morgan fingerprint density at radius 2 is 1.67 bits per heavy atom. The Labute approximate surface area is 207 Å². The summed E-state index contributed by atoms with van der Waals surface area (Å²) < 4.78 is 0. The third-order valence-corrected chi connectivity index (χ3v) is 5.97. The first-order chi connectivity index (χ1) is 17.3. The van der Waals surface area contributed by atoms with E-state index in [1.807, 2.05) is 30.3 Å². The first-order valence-corrected chi connectivity index (χ1v) is 11.4. The summed E-state index contributed by atoms with van der Waals surface area (Å²) >= 11 is 0. The molecule has 3 amide bonds. The molecule has 0 aromatic heterocycles. The first kappa shape index (κ1) is 24.5. The van der Waals surface area contributed by atoms with Crippen LogP contribution in [0, 0.1) is 0 Å². The van der Waals surface area contributed by atoms with E-state index >= 15 is 0 Å². The molecule has 9 nitrogen and oxygen atoms in total. The standard InChI is InChI=1S/C27H26N4O5/c28-19-11-12-21-20(14-19)27(36)31(23(26(35)30-21)13-17-7-3-1-4-8-17)16-24(32)29-22(15-25(33)34)18-9-5-2-6-10-18/h1-12,14,22-23H,13,15-16,28H2,(H,29,32)(H,30,35)(H,33,34)/t22-,23+/m1/s1. The number of carbonyl (C=O) groups excluding carboxylic acids is 3. The van der Waals surface area contributed by atoms with Gasteiger partial charge in [0, 0.05) is 12.1 Å². The van der Waals surface area contributed by atoms with Crippen molar-refractivity contribution in [2.45, 2.75) is 24.9 Å². The number of carboxylic acid groups (broad SMARTS) is 1. The van der Waals surface area contributed by atoms with Gasteiger partial charge in [0.25, 0.3) is 5.91 Å². The summed E-state index contributed by atoms with van der Waals surface area (Å²) in [5, 5.41) is 14.9. The van der Waals surface area contributed by atoms with Gasteiger partial charge in [0.1, 0.15) is 12.6 Å². The molecule has 0 radical (unpaired) electrons. The van der Waals surface area contributed by atoms with Gasteiger partial charge in [-0.3, -0.25) is 19.2 Å². The lowest BCUT2D eigenvalue weighted by molar-refractivity contribution is -0.137. The normalized spacial score (nSPS) is 15.9. The van der Waals surface area contributed by atoms with Gasteiger partial charge in [-0.2, -0.15) is 0 Å². The molecule has 0 fully saturated rings. The number of carbonyl (C=O) groups is 4. The van der Waals surface area contributed by atoms with Crippen LogP contribution in [0.2, 0.25) is 0 Å². The van der Waals surface area contributed by atoms with Gasteiger partial charge in [-0.25, -0.2) is 0 Å². The summed E-state index contributed by atoms with van der Waals surface area (Å²) in [4.78, 5) is 52.7. The van der Waals surface area contributed by atoms with Crippen LogP contribution in [0.15, 0.2) is 78.9 Å². The number of hydrogen-bond acceptors (Lipinski definition) is 5. The number of carboxylic acids is 1. The molecular formula is C27H26N4O5. The number of hydrogen-bond donors (Lipinski definition) is 4. The number of fused-ring (bicyclic) bond motifs is 1. The summed E-state index contributed by atoms with van der Waals surface area (Å²) in [6, 6.07) is 20.7. The molecule has 36 heavy (non-hydrogen) atoms. The third kappa shape index (κ3) is 5.69. The van der Waals surface area contributed by atoms with Crippen LogP contribution >= 0.6 is 0 Å². The fourth-order valence-corrected chi connectivity index (χ4v) is 4.23. The van der Waals surface area contributed by atoms with Crippen LogP contribution in [-0.4, -0.2) is 46.3 Å². The third-order valence-electron chi connectivity index (χ3n) is 5.97. The van der Waals surface area contributed by atoms with Crippen LogP contribution in [0.4, 0.5) is 11.4 Å². The SMILES string of the molecule is Nc1ccc2c(c1)C(=O)N(CC(=O)N[C@H](CC(=O)O)c1ccccc1)[C@@H](Cc1ccccc1)C(=O)N2. The van der Waals surface area contributed by atoms with Crippen molar-refractivity contribution >= 4 is 35.1 Å². The number of nitrogens with zero attached hydrogens (tertiary/aromatic N) is 1. The second-order valence-electron chi connectivity index (χ2n) is 8.56. The molecule has 1 aliphatic heterocycles. The zero-order chi connectivity index (χ0) is 25.7. The van der Waals surface area contributed by atoms with Crippen molar-refractivity contribution < 1.29 is 24.3 Å². The molecule has 0 spiro atoms. The molecule has 0 aliphatic carbocycles. The van der Waals surface area contributed by atoms with E-state index in [0.717, 1.165) is 5.56 Å². The monoisotopic (exact) mass is 486 g/mol. The van der Waals surface area contributed by atoms with Gasteiger partial charge >= 0.3 is 5.97 Å². The average molecular weight is 487 g/mol. The highest BCUT2D eigenvalue weighted by molar-refractivity contribution is 6.11. The van der Waals surface area contributed by atoms with Gasteiger partial charge in [-0.15, -0.1) is 0 Å². The van der Waals surface area contributed by atoms with Gasteiger partial charge in [-0.05, 0) is 29.3 Å². The molecule has 0 bridgehead atoms. The molecule has 1 heterocycles. The molecule has 0 unspecified atom stereocenters. The maximum atomic E-state index is 13.6. The predicted molar refractivity (Wildman–Crippen MR) is 134 cm³/mol. The topological polar surface area (TPSA) is 142 Å². The Balaban J connectivity index is 1.64. The van der Waals surface area contributed by atoms with Crippen molar-refractivity contribution in [3.05, 3.63) is 95.6 Å². The van der Waals surface area contributed by atoms with E-state index in [4.69, 9.17) is 5.73 Å². The van der Waals surface area contributed by atoms with Crippen LogP contribution in [0.5, 0.6) is 0 Å². The van der Waals surface area contributed by atoms with Gasteiger partial charge in [0.2, 0.25) is 11.8 Å². The number of rotatable bonds is 8. The molecule has 9 heteroatoms. The molecule has 5 N–H and O–H groups in total. The fourth-order valence-electron chi connectivity index (χ4n) is 4.23. The molecule has 1 aliphatic rings. The summed E-state index contributed by atoms with van der Waals surface area (Å²) in [7, 11) is 0. The highest BCUT2D eigenvalue weighted by Gasteiger charge is 2.37. The lowest BCUT2D eigenvalue weighted by Gasteiger charge is -2.29. The Hall–Kier alpha value is -4.66. The Morgan fingerprint density at radius 3 is 2.33 bits per heavy atom. The van der Waals surface area contributed by atoms with Gasteiger partial charge in [0.05, 0.1) is 23.7 Å². The second-order valence-corrected chi connectivity index (χ2v) is 8.56. The smallest absolute Gasteiger partial charge is 0.305 e. The molecule has 2 atom stereocenters. The zero-order valence-corrected chi connectivity index (χ0v) is 19.4. The van der Waals surface area contributed by atoms with Gasteiger partial charge < -0.3 is 26.4 Å². The van der Waals surface area contributed by atoms with Crippen molar-refractivity contribution in [3.8, 4) is 0 Å². The van der Waals surface area contributed by atoms with Crippen molar-refractivity contribution in [2.24, 2.45) is 0 Å². The Kier molecular flexibility index (Phi) is 7.29. The average Bonchev–Trinajstić information content (AvgIpc) is 2.95. The number of nitrogens with one attached hydrogen (secondary N) is 2. The van der Waals surface area contributed by atoms with Gasteiger partial charge in [-0.1, -0.05) is 60.7 Å². The second kappa shape index (κ2) is 10.7. The summed E-state index contributed by atoms with van der Waals surface area (Å²) in [6.07, 6.45) is -0.149. The van der Waals surface area contributed by atoms with Crippen LogP contribution in [0.3, 0.4) is 0 Å². The Morgan fingerprint density at radius 1 is 1.00 bits per heavy atom. The van der Waals surface area contributed by atoms with E-state index in [1.54, 1.807) is 42.5 Å². The van der Waals surface area contributed by atoms with E-state index in [2.05, 4.69) is 10.6 Å². The fraction of sp³-hybridized carbons (Fsp3) is 0.185.